The van der Waals surface area contributed by atoms with Crippen molar-refractivity contribution in [1.82, 2.24) is 0 Å². The van der Waals surface area contributed by atoms with Crippen LogP contribution >= 0.6 is 0 Å². The highest BCUT2D eigenvalue weighted by Crippen LogP contribution is 2.40. The molecule has 3 rings (SSSR count). The molecule has 0 unspecified atom stereocenters. The normalized spacial score (nSPS) is 15.8. The highest BCUT2D eigenvalue weighted by atomic mass is 15.1. The van der Waals surface area contributed by atoms with E-state index in [1.165, 1.54) is 11.1 Å². The molecule has 0 aromatic heterocycles. The number of rotatable bonds is 0. The number of fused-ring (bicyclic) bond motifs is 2. The van der Waals surface area contributed by atoms with Crippen molar-refractivity contribution < 1.29 is 0 Å². The van der Waals surface area contributed by atoms with E-state index < -0.39 is 0 Å². The Labute approximate surface area is 107 Å². The van der Waals surface area contributed by atoms with Gasteiger partial charge in [-0.3, -0.25) is 0 Å². The summed E-state index contributed by atoms with van der Waals surface area (Å²) in [6.07, 6.45) is 0. The van der Waals surface area contributed by atoms with Crippen LogP contribution in [0.2, 0.25) is 0 Å². The predicted octanol–water partition coefficient (Wildman–Crippen LogP) is 3.04. The molecule has 0 amide bonds. The molecule has 2 N–H and O–H groups in total. The van der Waals surface area contributed by atoms with Crippen molar-refractivity contribution in [2.45, 2.75) is 19.3 Å². The molecular weight excluding hydrogens is 220 g/mol. The summed E-state index contributed by atoms with van der Waals surface area (Å²) in [4.78, 5) is 0. The Kier molecular flexibility index (Phi) is 2.27. The van der Waals surface area contributed by atoms with E-state index in [1.54, 1.807) is 0 Å². The molecule has 0 heterocycles. The minimum absolute atomic E-state index is 0.0125. The molecule has 2 heteroatoms. The highest BCUT2D eigenvalue weighted by Gasteiger charge is 2.34. The van der Waals surface area contributed by atoms with E-state index >= 15 is 0 Å². The van der Waals surface area contributed by atoms with Gasteiger partial charge in [0.05, 0.1) is 5.71 Å². The van der Waals surface area contributed by atoms with Crippen LogP contribution in [0.1, 0.15) is 36.1 Å². The van der Waals surface area contributed by atoms with Crippen molar-refractivity contribution >= 4 is 5.71 Å². The van der Waals surface area contributed by atoms with Crippen molar-refractivity contribution in [3.05, 3.63) is 70.8 Å². The van der Waals surface area contributed by atoms with E-state index in [2.05, 4.69) is 55.3 Å². The zero-order valence-electron chi connectivity index (χ0n) is 10.6. The molecule has 0 aliphatic heterocycles. The van der Waals surface area contributed by atoms with Gasteiger partial charge in [-0.2, -0.15) is 5.10 Å². The molecule has 0 saturated carbocycles. The first-order chi connectivity index (χ1) is 8.66. The molecule has 90 valence electrons. The largest absolute Gasteiger partial charge is 0.323 e. The van der Waals surface area contributed by atoms with Crippen LogP contribution in [-0.4, -0.2) is 5.71 Å². The van der Waals surface area contributed by atoms with Gasteiger partial charge >= 0.3 is 0 Å². The third-order valence-corrected chi connectivity index (χ3v) is 3.84. The van der Waals surface area contributed by atoms with E-state index in [9.17, 15) is 0 Å². The molecule has 0 bridgehead atoms. The second kappa shape index (κ2) is 3.70. The molecule has 2 nitrogen and oxygen atoms in total. The van der Waals surface area contributed by atoms with Gasteiger partial charge in [-0.05, 0) is 11.1 Å². The lowest BCUT2D eigenvalue weighted by molar-refractivity contribution is 0.632. The Morgan fingerprint density at radius 3 is 1.72 bits per heavy atom. The second-order valence-corrected chi connectivity index (χ2v) is 5.19. The summed E-state index contributed by atoms with van der Waals surface area (Å²) in [6, 6.07) is 16.7. The fourth-order valence-electron chi connectivity index (χ4n) is 2.90. The van der Waals surface area contributed by atoms with Gasteiger partial charge < -0.3 is 5.84 Å². The van der Waals surface area contributed by atoms with E-state index in [1.807, 2.05) is 12.1 Å². The maximum absolute atomic E-state index is 5.61. The topological polar surface area (TPSA) is 38.4 Å². The van der Waals surface area contributed by atoms with Crippen molar-refractivity contribution in [3.8, 4) is 0 Å². The molecule has 0 fully saturated rings. The maximum atomic E-state index is 5.61. The smallest absolute Gasteiger partial charge is 0.0977 e. The van der Waals surface area contributed by atoms with Gasteiger partial charge in [0, 0.05) is 16.5 Å². The summed E-state index contributed by atoms with van der Waals surface area (Å²) < 4.78 is 0. The number of nitrogens with zero attached hydrogens (tertiary/aromatic N) is 1. The fourth-order valence-corrected chi connectivity index (χ4v) is 2.90. The van der Waals surface area contributed by atoms with E-state index in [0.29, 0.717) is 0 Å². The van der Waals surface area contributed by atoms with Gasteiger partial charge in [-0.1, -0.05) is 62.4 Å². The number of nitrogens with two attached hydrogens (primary N) is 1. The van der Waals surface area contributed by atoms with Crippen molar-refractivity contribution in [3.63, 3.8) is 0 Å². The minimum atomic E-state index is -0.0125. The highest BCUT2D eigenvalue weighted by molar-refractivity contribution is 6.16. The second-order valence-electron chi connectivity index (χ2n) is 5.19. The number of hydrogen-bond acceptors (Lipinski definition) is 2. The summed E-state index contributed by atoms with van der Waals surface area (Å²) in [5, 5.41) is 4.01. The number of benzene rings is 2. The quantitative estimate of drug-likeness (QED) is 0.554. The SMILES string of the molecule is CC1(C)c2ccccc2C(=NN)c2ccccc21. The van der Waals surface area contributed by atoms with Crippen LogP contribution in [0.3, 0.4) is 0 Å². The number of hydrazone groups is 1. The van der Waals surface area contributed by atoms with Gasteiger partial charge in [0.1, 0.15) is 0 Å². The number of hydrogen-bond donors (Lipinski definition) is 1. The molecular formula is C16H16N2. The lowest BCUT2D eigenvalue weighted by atomic mass is 9.68. The van der Waals surface area contributed by atoms with Gasteiger partial charge in [-0.15, -0.1) is 0 Å². The first-order valence-electron chi connectivity index (χ1n) is 6.14. The van der Waals surface area contributed by atoms with E-state index in [0.717, 1.165) is 16.8 Å². The van der Waals surface area contributed by atoms with Gasteiger partial charge in [-0.25, -0.2) is 0 Å². The van der Waals surface area contributed by atoms with Crippen LogP contribution in [0.5, 0.6) is 0 Å². The monoisotopic (exact) mass is 236 g/mol. The summed E-state index contributed by atoms with van der Waals surface area (Å²) >= 11 is 0. The van der Waals surface area contributed by atoms with Gasteiger partial charge in [0.15, 0.2) is 0 Å². The average molecular weight is 236 g/mol. The average Bonchev–Trinajstić information content (AvgIpc) is 2.40. The fraction of sp³-hybridized carbons (Fsp3) is 0.188. The molecule has 1 aliphatic carbocycles. The molecule has 2 aromatic rings. The van der Waals surface area contributed by atoms with Crippen LogP contribution in [0.4, 0.5) is 0 Å². The van der Waals surface area contributed by atoms with Crippen LogP contribution in [0.25, 0.3) is 0 Å². The first kappa shape index (κ1) is 11.0. The molecule has 18 heavy (non-hydrogen) atoms. The molecule has 1 aliphatic rings. The lowest BCUT2D eigenvalue weighted by Gasteiger charge is -2.35. The summed E-state index contributed by atoms with van der Waals surface area (Å²) in [6.45, 7) is 4.50. The summed E-state index contributed by atoms with van der Waals surface area (Å²) in [5.74, 6) is 5.61. The Balaban J connectivity index is 2.40. The molecule has 0 atom stereocenters. The van der Waals surface area contributed by atoms with Crippen LogP contribution in [0.15, 0.2) is 53.6 Å². The van der Waals surface area contributed by atoms with E-state index in [4.69, 9.17) is 5.84 Å². The maximum Gasteiger partial charge on any atom is 0.0977 e. The summed E-state index contributed by atoms with van der Waals surface area (Å²) in [5.41, 5.74) is 5.73. The van der Waals surface area contributed by atoms with Crippen LogP contribution in [-0.2, 0) is 5.41 Å². The minimum Gasteiger partial charge on any atom is -0.323 e. The Morgan fingerprint density at radius 2 is 1.28 bits per heavy atom. The Hall–Kier alpha value is -2.09. The first-order valence-corrected chi connectivity index (χ1v) is 6.14. The lowest BCUT2D eigenvalue weighted by Crippen LogP contribution is -2.31. The van der Waals surface area contributed by atoms with Crippen LogP contribution in [0, 0.1) is 0 Å². The zero-order valence-corrected chi connectivity index (χ0v) is 10.6. The van der Waals surface area contributed by atoms with Gasteiger partial charge in [0.25, 0.3) is 0 Å². The van der Waals surface area contributed by atoms with Crippen molar-refractivity contribution in [1.29, 1.82) is 0 Å². The van der Waals surface area contributed by atoms with Crippen molar-refractivity contribution in [2.75, 3.05) is 0 Å². The van der Waals surface area contributed by atoms with Crippen LogP contribution < -0.4 is 5.84 Å². The van der Waals surface area contributed by atoms with E-state index in [-0.39, 0.29) is 5.41 Å². The third-order valence-electron chi connectivity index (χ3n) is 3.84. The molecule has 0 radical (unpaired) electrons. The molecule has 0 saturated heterocycles. The summed E-state index contributed by atoms with van der Waals surface area (Å²) in [7, 11) is 0. The van der Waals surface area contributed by atoms with Crippen molar-refractivity contribution in [2.24, 2.45) is 10.9 Å². The standard InChI is InChI=1S/C16H16N2/c1-16(2)13-9-5-3-7-11(13)15(18-17)12-8-4-6-10-14(12)16/h3-10H,17H2,1-2H3. The van der Waals surface area contributed by atoms with Gasteiger partial charge in [0.2, 0.25) is 0 Å². The Morgan fingerprint density at radius 1 is 0.833 bits per heavy atom. The molecule has 2 aromatic carbocycles. The zero-order chi connectivity index (χ0) is 12.8. The third kappa shape index (κ3) is 1.32. The molecule has 0 spiro atoms. The predicted molar refractivity (Wildman–Crippen MR) is 74.8 cm³/mol. The Bertz CT molecular complexity index is 588.